The molecule has 0 aromatic heterocycles. The Hall–Kier alpha value is -1.06. The molecule has 2 rings (SSSR count). The topological polar surface area (TPSA) is 24.5 Å². The molecular weight excluding hydrogens is 224 g/mol. The Kier molecular flexibility index (Phi) is 4.61. The van der Waals surface area contributed by atoms with Gasteiger partial charge in [-0.15, -0.1) is 0 Å². The van der Waals surface area contributed by atoms with E-state index in [1.54, 1.807) is 0 Å². The fraction of sp³-hybridized carbons (Fsp3) is 0.600. The Morgan fingerprint density at radius 3 is 2.83 bits per heavy atom. The van der Waals surface area contributed by atoms with Gasteiger partial charge in [-0.25, -0.2) is 0 Å². The van der Waals surface area contributed by atoms with Crippen LogP contribution in [-0.2, 0) is 11.3 Å². The van der Waals surface area contributed by atoms with Crippen LogP contribution in [0.5, 0.6) is 0 Å². The fourth-order valence-electron chi connectivity index (χ4n) is 2.49. The van der Waals surface area contributed by atoms with Crippen molar-refractivity contribution >= 4 is 5.69 Å². The first-order chi connectivity index (χ1) is 8.65. The van der Waals surface area contributed by atoms with Gasteiger partial charge in [-0.05, 0) is 45.5 Å². The first kappa shape index (κ1) is 13.4. The molecule has 0 saturated carbocycles. The molecule has 2 unspecified atom stereocenters. The number of nitrogens with zero attached hydrogens (tertiary/aromatic N) is 1. The molecule has 1 aromatic carbocycles. The van der Waals surface area contributed by atoms with E-state index in [4.69, 9.17) is 4.74 Å². The van der Waals surface area contributed by atoms with E-state index in [-0.39, 0.29) is 0 Å². The third-order valence-corrected chi connectivity index (χ3v) is 3.35. The van der Waals surface area contributed by atoms with E-state index in [2.05, 4.69) is 55.5 Å². The van der Waals surface area contributed by atoms with Gasteiger partial charge in [0.15, 0.2) is 0 Å². The highest BCUT2D eigenvalue weighted by Gasteiger charge is 2.19. The molecular formula is C15H24N2O. The maximum atomic E-state index is 5.59. The Balaban J connectivity index is 2.03. The summed E-state index contributed by atoms with van der Waals surface area (Å²) in [7, 11) is 4.21. The van der Waals surface area contributed by atoms with Gasteiger partial charge in [-0.2, -0.15) is 0 Å². The lowest BCUT2D eigenvalue weighted by molar-refractivity contribution is 0.0232. The van der Waals surface area contributed by atoms with Gasteiger partial charge in [-0.3, -0.25) is 0 Å². The molecule has 0 amide bonds. The molecule has 0 radical (unpaired) electrons. The Morgan fingerprint density at radius 1 is 1.33 bits per heavy atom. The molecule has 1 fully saturated rings. The van der Waals surface area contributed by atoms with Crippen molar-refractivity contribution in [1.29, 1.82) is 0 Å². The summed E-state index contributed by atoms with van der Waals surface area (Å²) in [4.78, 5) is 2.20. The average molecular weight is 248 g/mol. The van der Waals surface area contributed by atoms with Crippen LogP contribution in [0.2, 0.25) is 0 Å². The number of nitrogens with one attached hydrogen (secondary N) is 1. The highest BCUT2D eigenvalue weighted by atomic mass is 16.5. The second kappa shape index (κ2) is 6.21. The Bertz CT molecular complexity index is 379. The number of ether oxygens (including phenoxy) is 1. The second-order valence-electron chi connectivity index (χ2n) is 5.44. The molecule has 1 saturated heterocycles. The van der Waals surface area contributed by atoms with E-state index in [1.165, 1.54) is 11.3 Å². The SMILES string of the molecule is CC1CC(Nc2ccccc2CN(C)C)CCO1. The number of benzene rings is 1. The summed E-state index contributed by atoms with van der Waals surface area (Å²) >= 11 is 0. The van der Waals surface area contributed by atoms with Crippen molar-refractivity contribution in [3.05, 3.63) is 29.8 Å². The van der Waals surface area contributed by atoms with Crippen LogP contribution in [0, 0.1) is 0 Å². The zero-order valence-corrected chi connectivity index (χ0v) is 11.6. The van der Waals surface area contributed by atoms with Gasteiger partial charge in [0, 0.05) is 24.9 Å². The molecule has 0 aliphatic carbocycles. The number of para-hydroxylation sites is 1. The second-order valence-corrected chi connectivity index (χ2v) is 5.44. The van der Waals surface area contributed by atoms with Gasteiger partial charge >= 0.3 is 0 Å². The fourth-order valence-corrected chi connectivity index (χ4v) is 2.49. The van der Waals surface area contributed by atoms with Crippen molar-refractivity contribution in [1.82, 2.24) is 4.90 Å². The Morgan fingerprint density at radius 2 is 2.11 bits per heavy atom. The zero-order chi connectivity index (χ0) is 13.0. The number of rotatable bonds is 4. The summed E-state index contributed by atoms with van der Waals surface area (Å²) in [5, 5.41) is 3.68. The lowest BCUT2D eigenvalue weighted by atomic mass is 10.0. The summed E-state index contributed by atoms with van der Waals surface area (Å²) in [6.45, 7) is 4.00. The molecule has 1 aromatic rings. The van der Waals surface area contributed by atoms with Gasteiger partial charge in [0.1, 0.15) is 0 Å². The van der Waals surface area contributed by atoms with E-state index in [0.717, 1.165) is 26.0 Å². The van der Waals surface area contributed by atoms with E-state index < -0.39 is 0 Å². The standard InChI is InChI=1S/C15H24N2O/c1-12-10-14(8-9-18-12)16-15-7-5-4-6-13(15)11-17(2)3/h4-7,12,14,16H,8-11H2,1-3H3. The van der Waals surface area contributed by atoms with Crippen LogP contribution in [0.15, 0.2) is 24.3 Å². The van der Waals surface area contributed by atoms with Crippen molar-refractivity contribution in [2.24, 2.45) is 0 Å². The van der Waals surface area contributed by atoms with Crippen molar-refractivity contribution in [2.75, 3.05) is 26.0 Å². The molecule has 100 valence electrons. The van der Waals surface area contributed by atoms with Crippen molar-refractivity contribution in [3.8, 4) is 0 Å². The molecule has 1 aliphatic rings. The van der Waals surface area contributed by atoms with Gasteiger partial charge in [0.05, 0.1) is 6.10 Å². The highest BCUT2D eigenvalue weighted by molar-refractivity contribution is 5.51. The minimum Gasteiger partial charge on any atom is -0.382 e. The van der Waals surface area contributed by atoms with E-state index >= 15 is 0 Å². The van der Waals surface area contributed by atoms with Gasteiger partial charge in [0.2, 0.25) is 0 Å². The monoisotopic (exact) mass is 248 g/mol. The molecule has 1 heterocycles. The lowest BCUT2D eigenvalue weighted by Gasteiger charge is -2.29. The molecule has 1 N–H and O–H groups in total. The number of hydrogen-bond donors (Lipinski definition) is 1. The molecule has 1 aliphatic heterocycles. The molecule has 2 atom stereocenters. The van der Waals surface area contributed by atoms with E-state index in [9.17, 15) is 0 Å². The predicted octanol–water partition coefficient (Wildman–Crippen LogP) is 2.73. The summed E-state index contributed by atoms with van der Waals surface area (Å²) in [6.07, 6.45) is 2.56. The largest absolute Gasteiger partial charge is 0.382 e. The maximum Gasteiger partial charge on any atom is 0.0566 e. The minimum atomic E-state index is 0.372. The van der Waals surface area contributed by atoms with Gasteiger partial charge in [0.25, 0.3) is 0 Å². The summed E-state index contributed by atoms with van der Waals surface area (Å²) < 4.78 is 5.59. The van der Waals surface area contributed by atoms with Crippen molar-refractivity contribution in [3.63, 3.8) is 0 Å². The quantitative estimate of drug-likeness (QED) is 0.886. The van der Waals surface area contributed by atoms with E-state index in [1.807, 2.05) is 0 Å². The lowest BCUT2D eigenvalue weighted by Crippen LogP contribution is -2.32. The molecule has 0 bridgehead atoms. The van der Waals surface area contributed by atoms with Crippen LogP contribution in [0.25, 0.3) is 0 Å². The Labute approximate surface area is 110 Å². The van der Waals surface area contributed by atoms with Crippen molar-refractivity contribution in [2.45, 2.75) is 38.5 Å². The molecule has 3 heteroatoms. The molecule has 0 spiro atoms. The third-order valence-electron chi connectivity index (χ3n) is 3.35. The van der Waals surface area contributed by atoms with Gasteiger partial charge < -0.3 is 15.0 Å². The van der Waals surface area contributed by atoms with Crippen LogP contribution in [0.1, 0.15) is 25.3 Å². The summed E-state index contributed by atoms with van der Waals surface area (Å²) in [6, 6.07) is 9.13. The third kappa shape index (κ3) is 3.72. The normalized spacial score (nSPS) is 24.2. The number of anilines is 1. The molecule has 3 nitrogen and oxygen atoms in total. The predicted molar refractivity (Wildman–Crippen MR) is 75.9 cm³/mol. The van der Waals surface area contributed by atoms with Crippen LogP contribution in [-0.4, -0.2) is 37.7 Å². The molecule has 18 heavy (non-hydrogen) atoms. The summed E-state index contributed by atoms with van der Waals surface area (Å²) in [5.74, 6) is 0. The minimum absolute atomic E-state index is 0.372. The van der Waals surface area contributed by atoms with Crippen molar-refractivity contribution < 1.29 is 4.74 Å². The average Bonchev–Trinajstić information content (AvgIpc) is 2.31. The number of hydrogen-bond acceptors (Lipinski definition) is 3. The first-order valence-corrected chi connectivity index (χ1v) is 6.76. The smallest absolute Gasteiger partial charge is 0.0566 e. The summed E-state index contributed by atoms with van der Waals surface area (Å²) in [5.41, 5.74) is 2.63. The van der Waals surface area contributed by atoms with Gasteiger partial charge in [-0.1, -0.05) is 18.2 Å². The zero-order valence-electron chi connectivity index (χ0n) is 11.6. The van der Waals surface area contributed by atoms with Crippen LogP contribution in [0.4, 0.5) is 5.69 Å². The van der Waals surface area contributed by atoms with Crippen LogP contribution in [0.3, 0.4) is 0 Å². The maximum absolute atomic E-state index is 5.59. The highest BCUT2D eigenvalue weighted by Crippen LogP contribution is 2.22. The van der Waals surface area contributed by atoms with E-state index in [0.29, 0.717) is 12.1 Å². The first-order valence-electron chi connectivity index (χ1n) is 6.76. The van der Waals surface area contributed by atoms with Crippen LogP contribution < -0.4 is 5.32 Å². The van der Waals surface area contributed by atoms with Crippen LogP contribution >= 0.6 is 0 Å².